The molecule has 0 aromatic heterocycles. The summed E-state index contributed by atoms with van der Waals surface area (Å²) in [5.74, 6) is 0.388. The Bertz CT molecular complexity index is 287. The van der Waals surface area contributed by atoms with Gasteiger partial charge in [-0.05, 0) is 31.9 Å². The summed E-state index contributed by atoms with van der Waals surface area (Å²) in [5, 5.41) is 9.43. The molecule has 0 aliphatic rings. The number of phenolic OH excluding ortho intramolecular Hbond substituents is 1. The minimum absolute atomic E-state index is 0.388. The zero-order chi connectivity index (χ0) is 8.97. The monoisotopic (exact) mass is 162 g/mol. The highest BCUT2D eigenvalue weighted by molar-refractivity contribution is 5.34. The molecular weight excluding hydrogens is 148 g/mol. The molecule has 1 aromatic rings. The predicted octanol–water partition coefficient (Wildman–Crippen LogP) is 2.90. The van der Waals surface area contributed by atoms with Crippen LogP contribution in [0, 0.1) is 0 Å². The van der Waals surface area contributed by atoms with Crippen LogP contribution >= 0.6 is 0 Å². The van der Waals surface area contributed by atoms with Gasteiger partial charge >= 0.3 is 0 Å². The van der Waals surface area contributed by atoms with Crippen molar-refractivity contribution in [1.29, 1.82) is 0 Å². The third-order valence-electron chi connectivity index (χ3n) is 1.95. The lowest BCUT2D eigenvalue weighted by atomic mass is 10.1. The Hall–Kier alpha value is -1.24. The molecule has 64 valence electrons. The summed E-state index contributed by atoms with van der Waals surface area (Å²) in [5.41, 5.74) is 2.27. The first-order valence-corrected chi connectivity index (χ1v) is 4.12. The van der Waals surface area contributed by atoms with Crippen LogP contribution in [0.1, 0.15) is 19.4 Å². The van der Waals surface area contributed by atoms with Crippen LogP contribution in [0.2, 0.25) is 0 Å². The SMILES string of the molecule is CC=C(C)Cc1ccccc1O. The molecule has 0 aliphatic carbocycles. The van der Waals surface area contributed by atoms with Crippen LogP contribution in [0.25, 0.3) is 0 Å². The minimum atomic E-state index is 0.388. The summed E-state index contributed by atoms with van der Waals surface area (Å²) < 4.78 is 0. The summed E-state index contributed by atoms with van der Waals surface area (Å²) >= 11 is 0. The van der Waals surface area contributed by atoms with E-state index in [1.165, 1.54) is 5.57 Å². The highest BCUT2D eigenvalue weighted by atomic mass is 16.3. The van der Waals surface area contributed by atoms with E-state index < -0.39 is 0 Å². The number of rotatable bonds is 2. The fourth-order valence-corrected chi connectivity index (χ4v) is 1.06. The van der Waals surface area contributed by atoms with Crippen LogP contribution in [0.4, 0.5) is 0 Å². The largest absolute Gasteiger partial charge is 0.508 e. The van der Waals surface area contributed by atoms with Crippen molar-refractivity contribution in [1.82, 2.24) is 0 Å². The second-order valence-corrected chi connectivity index (χ2v) is 2.94. The second-order valence-electron chi connectivity index (χ2n) is 2.94. The zero-order valence-corrected chi connectivity index (χ0v) is 7.54. The number of para-hydroxylation sites is 1. The fraction of sp³-hybridized carbons (Fsp3) is 0.273. The van der Waals surface area contributed by atoms with Crippen LogP contribution in [-0.2, 0) is 6.42 Å². The normalized spacial score (nSPS) is 11.7. The average Bonchev–Trinajstić information content (AvgIpc) is 2.09. The van der Waals surface area contributed by atoms with Gasteiger partial charge in [0.05, 0.1) is 0 Å². The number of allylic oxidation sites excluding steroid dienone is 2. The molecule has 0 fully saturated rings. The fourth-order valence-electron chi connectivity index (χ4n) is 1.06. The number of phenols is 1. The summed E-state index contributed by atoms with van der Waals surface area (Å²) in [6.07, 6.45) is 2.90. The van der Waals surface area contributed by atoms with E-state index in [4.69, 9.17) is 0 Å². The van der Waals surface area contributed by atoms with E-state index in [2.05, 4.69) is 13.0 Å². The molecule has 0 radical (unpaired) electrons. The number of benzene rings is 1. The maximum atomic E-state index is 9.43. The standard InChI is InChI=1S/C11H14O/c1-3-9(2)8-10-6-4-5-7-11(10)12/h3-7,12H,8H2,1-2H3. The van der Waals surface area contributed by atoms with Crippen molar-refractivity contribution in [2.75, 3.05) is 0 Å². The summed E-state index contributed by atoms with van der Waals surface area (Å²) in [7, 11) is 0. The Labute approximate surface area is 73.4 Å². The molecule has 0 saturated heterocycles. The molecule has 0 atom stereocenters. The lowest BCUT2D eigenvalue weighted by Gasteiger charge is -2.03. The van der Waals surface area contributed by atoms with E-state index in [0.717, 1.165) is 12.0 Å². The van der Waals surface area contributed by atoms with Gasteiger partial charge in [0.15, 0.2) is 0 Å². The average molecular weight is 162 g/mol. The maximum Gasteiger partial charge on any atom is 0.119 e. The summed E-state index contributed by atoms with van der Waals surface area (Å²) in [6.45, 7) is 4.07. The molecule has 1 aromatic carbocycles. The quantitative estimate of drug-likeness (QED) is 0.663. The predicted molar refractivity (Wildman–Crippen MR) is 51.2 cm³/mol. The smallest absolute Gasteiger partial charge is 0.119 e. The van der Waals surface area contributed by atoms with Gasteiger partial charge in [-0.25, -0.2) is 0 Å². The van der Waals surface area contributed by atoms with E-state index >= 15 is 0 Å². The highest BCUT2D eigenvalue weighted by Crippen LogP contribution is 2.18. The van der Waals surface area contributed by atoms with Crippen LogP contribution in [-0.4, -0.2) is 5.11 Å². The summed E-state index contributed by atoms with van der Waals surface area (Å²) in [6, 6.07) is 7.45. The topological polar surface area (TPSA) is 20.2 Å². The molecule has 0 amide bonds. The number of aromatic hydroxyl groups is 1. The van der Waals surface area contributed by atoms with Crippen molar-refractivity contribution in [2.24, 2.45) is 0 Å². The van der Waals surface area contributed by atoms with E-state index in [0.29, 0.717) is 5.75 Å². The zero-order valence-electron chi connectivity index (χ0n) is 7.54. The first-order valence-electron chi connectivity index (χ1n) is 4.12. The Morgan fingerprint density at radius 3 is 2.67 bits per heavy atom. The molecule has 1 rings (SSSR count). The molecule has 0 bridgehead atoms. The van der Waals surface area contributed by atoms with Crippen molar-refractivity contribution in [3.05, 3.63) is 41.5 Å². The number of hydrogen-bond acceptors (Lipinski definition) is 1. The molecular formula is C11H14O. The van der Waals surface area contributed by atoms with Crippen LogP contribution in [0.15, 0.2) is 35.9 Å². The highest BCUT2D eigenvalue weighted by Gasteiger charge is 1.98. The first-order chi connectivity index (χ1) is 5.74. The molecule has 0 saturated carbocycles. The van der Waals surface area contributed by atoms with Gasteiger partial charge in [-0.1, -0.05) is 29.8 Å². The molecule has 1 heteroatoms. The Morgan fingerprint density at radius 2 is 2.08 bits per heavy atom. The van der Waals surface area contributed by atoms with Gasteiger partial charge in [0.2, 0.25) is 0 Å². The van der Waals surface area contributed by atoms with Gasteiger partial charge in [0, 0.05) is 0 Å². The van der Waals surface area contributed by atoms with E-state index in [9.17, 15) is 5.11 Å². The Morgan fingerprint density at radius 1 is 1.42 bits per heavy atom. The lowest BCUT2D eigenvalue weighted by Crippen LogP contribution is -1.86. The van der Waals surface area contributed by atoms with E-state index in [1.54, 1.807) is 6.07 Å². The van der Waals surface area contributed by atoms with Crippen LogP contribution in [0.3, 0.4) is 0 Å². The Balaban J connectivity index is 2.82. The van der Waals surface area contributed by atoms with Crippen molar-refractivity contribution in [3.8, 4) is 5.75 Å². The van der Waals surface area contributed by atoms with Crippen molar-refractivity contribution >= 4 is 0 Å². The van der Waals surface area contributed by atoms with E-state index in [-0.39, 0.29) is 0 Å². The van der Waals surface area contributed by atoms with Gasteiger partial charge in [-0.2, -0.15) is 0 Å². The van der Waals surface area contributed by atoms with Gasteiger partial charge < -0.3 is 5.11 Å². The maximum absolute atomic E-state index is 9.43. The minimum Gasteiger partial charge on any atom is -0.508 e. The Kier molecular flexibility index (Phi) is 2.92. The third kappa shape index (κ3) is 2.12. The van der Waals surface area contributed by atoms with Crippen molar-refractivity contribution < 1.29 is 5.11 Å². The second kappa shape index (κ2) is 3.96. The van der Waals surface area contributed by atoms with Crippen molar-refractivity contribution in [3.63, 3.8) is 0 Å². The first kappa shape index (κ1) is 8.85. The molecule has 0 spiro atoms. The number of hydrogen-bond donors (Lipinski definition) is 1. The molecule has 0 heterocycles. The van der Waals surface area contributed by atoms with Gasteiger partial charge in [0.25, 0.3) is 0 Å². The molecule has 1 N–H and O–H groups in total. The van der Waals surface area contributed by atoms with Crippen molar-refractivity contribution in [2.45, 2.75) is 20.3 Å². The van der Waals surface area contributed by atoms with Gasteiger partial charge in [-0.15, -0.1) is 0 Å². The summed E-state index contributed by atoms with van der Waals surface area (Å²) in [4.78, 5) is 0. The molecule has 1 nitrogen and oxygen atoms in total. The third-order valence-corrected chi connectivity index (χ3v) is 1.95. The van der Waals surface area contributed by atoms with Crippen LogP contribution < -0.4 is 0 Å². The lowest BCUT2D eigenvalue weighted by molar-refractivity contribution is 0.469. The molecule has 12 heavy (non-hydrogen) atoms. The van der Waals surface area contributed by atoms with Gasteiger partial charge in [0.1, 0.15) is 5.75 Å². The van der Waals surface area contributed by atoms with E-state index in [1.807, 2.05) is 25.1 Å². The van der Waals surface area contributed by atoms with Crippen LogP contribution in [0.5, 0.6) is 5.75 Å². The molecule has 0 aliphatic heterocycles. The van der Waals surface area contributed by atoms with Gasteiger partial charge in [-0.3, -0.25) is 0 Å². The molecule has 0 unspecified atom stereocenters.